The molecular weight excluding hydrogens is 224 g/mol. The number of aryl methyl sites for hydroxylation is 2. The maximum Gasteiger partial charge on any atom is 0.0716 e. The van der Waals surface area contributed by atoms with Crippen molar-refractivity contribution in [2.45, 2.75) is 13.8 Å². The first-order valence-corrected chi connectivity index (χ1v) is 7.50. The number of benzene rings is 1. The van der Waals surface area contributed by atoms with Crippen molar-refractivity contribution in [2.75, 3.05) is 12.5 Å². The van der Waals surface area contributed by atoms with Gasteiger partial charge in [0.15, 0.2) is 0 Å². The molecule has 1 atom stereocenters. The van der Waals surface area contributed by atoms with Crippen molar-refractivity contribution in [2.24, 2.45) is 0 Å². The number of thioether (sulfide) groups is 1. The van der Waals surface area contributed by atoms with Gasteiger partial charge in [-0.25, -0.2) is 0 Å². The van der Waals surface area contributed by atoms with Gasteiger partial charge in [0, 0.05) is 6.26 Å². The predicted molar refractivity (Wildman–Crippen MR) is 71.5 cm³/mol. The lowest BCUT2D eigenvalue weighted by Crippen LogP contribution is -1.90. The zero-order valence-electron chi connectivity index (χ0n) is 9.53. The van der Waals surface area contributed by atoms with Crippen LogP contribution in [0.3, 0.4) is 0 Å². The van der Waals surface area contributed by atoms with E-state index >= 15 is 0 Å². The summed E-state index contributed by atoms with van der Waals surface area (Å²) in [5, 5.41) is 0. The summed E-state index contributed by atoms with van der Waals surface area (Å²) >= 11 is 1.55. The topological polar surface area (TPSA) is 17.1 Å². The van der Waals surface area contributed by atoms with Crippen LogP contribution in [0, 0.1) is 13.8 Å². The zero-order chi connectivity index (χ0) is 11.4. The van der Waals surface area contributed by atoms with Crippen molar-refractivity contribution >= 4 is 28.6 Å². The Kier molecular flexibility index (Phi) is 4.61. The monoisotopic (exact) mass is 240 g/mol. The molecule has 0 radical (unpaired) electrons. The van der Waals surface area contributed by atoms with E-state index in [1.807, 2.05) is 18.4 Å². The lowest BCUT2D eigenvalue weighted by molar-refractivity contribution is 0.691. The number of hydrogen-bond acceptors (Lipinski definition) is 2. The summed E-state index contributed by atoms with van der Waals surface area (Å²) in [6, 6.07) is 6.20. The third-order valence-corrected chi connectivity index (χ3v) is 4.70. The molecule has 82 valence electrons. The smallest absolute Gasteiger partial charge is 0.0716 e. The molecule has 0 aromatic heterocycles. The average molecular weight is 240 g/mol. The summed E-state index contributed by atoms with van der Waals surface area (Å²) in [6.07, 6.45) is 5.71. The number of rotatable bonds is 3. The Morgan fingerprint density at radius 2 is 1.87 bits per heavy atom. The second-order valence-electron chi connectivity index (χ2n) is 3.43. The van der Waals surface area contributed by atoms with Gasteiger partial charge in [-0.15, -0.1) is 11.8 Å². The minimum atomic E-state index is -0.896. The Labute approximate surface area is 98.4 Å². The maximum absolute atomic E-state index is 11.4. The van der Waals surface area contributed by atoms with Gasteiger partial charge in [-0.3, -0.25) is 4.21 Å². The fraction of sp³-hybridized carbons (Fsp3) is 0.333. The van der Waals surface area contributed by atoms with Crippen LogP contribution in [-0.4, -0.2) is 16.7 Å². The Morgan fingerprint density at radius 3 is 2.27 bits per heavy atom. The van der Waals surface area contributed by atoms with Crippen LogP contribution < -0.4 is 0 Å². The summed E-state index contributed by atoms with van der Waals surface area (Å²) in [5.41, 5.74) is 3.65. The van der Waals surface area contributed by atoms with Crippen molar-refractivity contribution in [3.05, 3.63) is 39.1 Å². The van der Waals surface area contributed by atoms with Crippen LogP contribution in [-0.2, 0) is 10.8 Å². The highest BCUT2D eigenvalue weighted by molar-refractivity contribution is 8.16. The van der Waals surface area contributed by atoms with Crippen molar-refractivity contribution in [3.63, 3.8) is 0 Å². The minimum absolute atomic E-state index is 0.896. The molecule has 1 aromatic carbocycles. The third-order valence-electron chi connectivity index (χ3n) is 2.29. The van der Waals surface area contributed by atoms with Crippen molar-refractivity contribution in [3.8, 4) is 0 Å². The standard InChI is InChI=1S/C12H16OS2/c1-9-6-5-7-10(2)11(9)8-12(14-3)15(4)13/h5-8H,1-4H3. The second kappa shape index (κ2) is 5.52. The Morgan fingerprint density at radius 1 is 1.33 bits per heavy atom. The molecule has 0 N–H and O–H groups in total. The molecule has 0 bridgehead atoms. The Balaban J connectivity index is 3.22. The van der Waals surface area contributed by atoms with E-state index in [0.29, 0.717) is 0 Å². The summed E-state index contributed by atoms with van der Waals surface area (Å²) in [7, 11) is -0.896. The quantitative estimate of drug-likeness (QED) is 0.806. The minimum Gasteiger partial charge on any atom is -0.254 e. The van der Waals surface area contributed by atoms with Crippen LogP contribution in [0.5, 0.6) is 0 Å². The van der Waals surface area contributed by atoms with Gasteiger partial charge in [0.25, 0.3) is 0 Å². The molecular formula is C12H16OS2. The Bertz CT molecular complexity index is 388. The molecule has 0 aliphatic heterocycles. The molecule has 0 amide bonds. The van der Waals surface area contributed by atoms with E-state index in [2.05, 4.69) is 26.0 Å². The van der Waals surface area contributed by atoms with Gasteiger partial charge in [0.1, 0.15) is 0 Å². The van der Waals surface area contributed by atoms with Gasteiger partial charge in [0.05, 0.1) is 15.0 Å². The van der Waals surface area contributed by atoms with Crippen LogP contribution in [0.25, 0.3) is 6.08 Å². The van der Waals surface area contributed by atoms with Crippen molar-refractivity contribution in [1.29, 1.82) is 0 Å². The highest BCUT2D eigenvalue weighted by Crippen LogP contribution is 2.23. The van der Waals surface area contributed by atoms with E-state index < -0.39 is 10.8 Å². The third kappa shape index (κ3) is 3.21. The maximum atomic E-state index is 11.4. The van der Waals surface area contributed by atoms with Gasteiger partial charge < -0.3 is 0 Å². The molecule has 1 aromatic rings. The molecule has 3 heteroatoms. The van der Waals surface area contributed by atoms with Crippen LogP contribution in [0.2, 0.25) is 0 Å². The summed E-state index contributed by atoms with van der Waals surface area (Å²) in [6.45, 7) is 4.16. The first-order valence-electron chi connectivity index (χ1n) is 4.71. The fourth-order valence-electron chi connectivity index (χ4n) is 1.43. The van der Waals surface area contributed by atoms with Gasteiger partial charge in [0.2, 0.25) is 0 Å². The van der Waals surface area contributed by atoms with Crippen molar-refractivity contribution in [1.82, 2.24) is 0 Å². The molecule has 0 saturated heterocycles. The fourth-order valence-corrected chi connectivity index (χ4v) is 2.89. The summed E-state index contributed by atoms with van der Waals surface area (Å²) in [4.78, 5) is 0. The molecule has 0 saturated carbocycles. The number of hydrogen-bond donors (Lipinski definition) is 0. The molecule has 0 spiro atoms. The van der Waals surface area contributed by atoms with Gasteiger partial charge in [-0.1, -0.05) is 18.2 Å². The molecule has 0 heterocycles. The SMILES string of the molecule is CSC(=Cc1c(C)cccc1C)S(C)=O. The van der Waals surface area contributed by atoms with Gasteiger partial charge >= 0.3 is 0 Å². The molecule has 15 heavy (non-hydrogen) atoms. The Hall–Kier alpha value is -0.540. The van der Waals surface area contributed by atoms with Crippen LogP contribution in [0.15, 0.2) is 22.4 Å². The molecule has 0 aliphatic carbocycles. The van der Waals surface area contributed by atoms with Gasteiger partial charge in [-0.05, 0) is 42.9 Å². The average Bonchev–Trinajstić information content (AvgIpc) is 2.17. The van der Waals surface area contributed by atoms with Crippen molar-refractivity contribution < 1.29 is 4.21 Å². The lowest BCUT2D eigenvalue weighted by Gasteiger charge is -2.06. The zero-order valence-corrected chi connectivity index (χ0v) is 11.2. The van der Waals surface area contributed by atoms with E-state index in [4.69, 9.17) is 0 Å². The molecule has 1 rings (SSSR count). The van der Waals surface area contributed by atoms with E-state index in [1.54, 1.807) is 18.0 Å². The lowest BCUT2D eigenvalue weighted by atomic mass is 10.0. The predicted octanol–water partition coefficient (Wildman–Crippen LogP) is 3.34. The molecule has 0 fully saturated rings. The second-order valence-corrected chi connectivity index (χ2v) is 5.88. The highest BCUT2D eigenvalue weighted by atomic mass is 32.2. The molecule has 1 unspecified atom stereocenters. The summed E-state index contributed by atoms with van der Waals surface area (Å²) < 4.78 is 12.3. The molecule has 1 nitrogen and oxygen atoms in total. The first-order chi connectivity index (χ1) is 7.06. The van der Waals surface area contributed by atoms with Crippen LogP contribution in [0.4, 0.5) is 0 Å². The first kappa shape index (κ1) is 12.5. The van der Waals surface area contributed by atoms with E-state index in [1.165, 1.54) is 16.7 Å². The normalized spacial score (nSPS) is 14.0. The molecule has 0 aliphatic rings. The van der Waals surface area contributed by atoms with Crippen LogP contribution >= 0.6 is 11.8 Å². The van der Waals surface area contributed by atoms with E-state index in [9.17, 15) is 4.21 Å². The van der Waals surface area contributed by atoms with Gasteiger partial charge in [-0.2, -0.15) is 0 Å². The van der Waals surface area contributed by atoms with Crippen LogP contribution in [0.1, 0.15) is 16.7 Å². The summed E-state index contributed by atoms with van der Waals surface area (Å²) in [5.74, 6) is 0. The largest absolute Gasteiger partial charge is 0.254 e. The van der Waals surface area contributed by atoms with E-state index in [0.717, 1.165) is 4.24 Å². The van der Waals surface area contributed by atoms with E-state index in [-0.39, 0.29) is 0 Å². The highest BCUT2D eigenvalue weighted by Gasteiger charge is 2.04.